The third-order valence-electron chi connectivity index (χ3n) is 2.90. The van der Waals surface area contributed by atoms with E-state index in [0.29, 0.717) is 19.8 Å². The molecule has 0 heterocycles. The molecule has 1 N–H and O–H groups in total. The van der Waals surface area contributed by atoms with Gasteiger partial charge in [0, 0.05) is 16.7 Å². The van der Waals surface area contributed by atoms with Gasteiger partial charge in [-0.2, -0.15) is 0 Å². The number of fused-ring (bicyclic) bond motifs is 1. The van der Waals surface area contributed by atoms with Crippen LogP contribution in [0.15, 0.2) is 40.9 Å². The topological polar surface area (TPSA) is 47.6 Å². The lowest BCUT2D eigenvalue weighted by Crippen LogP contribution is -2.16. The Morgan fingerprint density at radius 3 is 2.76 bits per heavy atom. The fraction of sp³-hybridized carbons (Fsp3) is 0.312. The minimum atomic E-state index is -0.325. The van der Waals surface area contributed by atoms with Crippen LogP contribution in [0.5, 0.6) is 0 Å². The van der Waals surface area contributed by atoms with Gasteiger partial charge in [0.2, 0.25) is 0 Å². The fourth-order valence-corrected chi connectivity index (χ4v) is 2.33. The number of hydrogen-bond acceptors (Lipinski definition) is 4. The predicted molar refractivity (Wildman–Crippen MR) is 87.6 cm³/mol. The smallest absolute Gasteiger partial charge is 0.332 e. The van der Waals surface area contributed by atoms with E-state index in [1.165, 1.54) is 10.8 Å². The summed E-state index contributed by atoms with van der Waals surface area (Å²) in [6, 6.07) is 12.4. The molecule has 21 heavy (non-hydrogen) atoms. The number of halogens is 1. The van der Waals surface area contributed by atoms with Crippen LogP contribution in [0.2, 0.25) is 0 Å². The van der Waals surface area contributed by atoms with Crippen LogP contribution in [-0.4, -0.2) is 32.3 Å². The Bertz CT molecular complexity index is 615. The highest BCUT2D eigenvalue weighted by atomic mass is 79.9. The highest BCUT2D eigenvalue weighted by molar-refractivity contribution is 9.10. The van der Waals surface area contributed by atoms with Crippen molar-refractivity contribution in [1.29, 1.82) is 0 Å². The first-order valence-corrected chi connectivity index (χ1v) is 7.65. The molecule has 0 aliphatic carbocycles. The van der Waals surface area contributed by atoms with Gasteiger partial charge in [-0.25, -0.2) is 4.79 Å². The average Bonchev–Trinajstić information content (AvgIpc) is 2.47. The lowest BCUT2D eigenvalue weighted by molar-refractivity contribution is -0.148. The third-order valence-corrected chi connectivity index (χ3v) is 3.40. The zero-order valence-corrected chi connectivity index (χ0v) is 13.5. The average molecular weight is 352 g/mol. The highest BCUT2D eigenvalue weighted by Gasteiger charge is 2.01. The lowest BCUT2D eigenvalue weighted by Gasteiger charge is -2.08. The van der Waals surface area contributed by atoms with Crippen molar-refractivity contribution in [3.8, 4) is 0 Å². The molecule has 0 spiro atoms. The van der Waals surface area contributed by atoms with Crippen LogP contribution in [0.25, 0.3) is 10.8 Å². The first kappa shape index (κ1) is 15.8. The van der Waals surface area contributed by atoms with Crippen LogP contribution in [-0.2, 0) is 14.3 Å². The Balaban J connectivity index is 1.78. The first-order valence-electron chi connectivity index (χ1n) is 6.85. The fourth-order valence-electron chi connectivity index (χ4n) is 1.95. The molecule has 0 aliphatic rings. The Labute approximate surface area is 132 Å². The zero-order valence-electron chi connectivity index (χ0n) is 11.9. The monoisotopic (exact) mass is 351 g/mol. The second-order valence-electron chi connectivity index (χ2n) is 4.49. The summed E-state index contributed by atoms with van der Waals surface area (Å²) >= 11 is 3.46. The van der Waals surface area contributed by atoms with E-state index in [1.807, 2.05) is 12.1 Å². The van der Waals surface area contributed by atoms with Crippen molar-refractivity contribution >= 4 is 38.4 Å². The summed E-state index contributed by atoms with van der Waals surface area (Å²) in [5.41, 5.74) is 1.03. The van der Waals surface area contributed by atoms with Crippen molar-refractivity contribution in [2.45, 2.75) is 6.92 Å². The van der Waals surface area contributed by atoms with Crippen molar-refractivity contribution in [1.82, 2.24) is 0 Å². The molecule has 0 unspecified atom stereocenters. The number of esters is 1. The van der Waals surface area contributed by atoms with Crippen molar-refractivity contribution in [2.24, 2.45) is 0 Å². The molecule has 0 bridgehead atoms. The van der Waals surface area contributed by atoms with Gasteiger partial charge in [0.05, 0.1) is 13.2 Å². The quantitative estimate of drug-likeness (QED) is 0.611. The number of benzene rings is 2. The minimum absolute atomic E-state index is 0.00126. The maximum Gasteiger partial charge on any atom is 0.332 e. The summed E-state index contributed by atoms with van der Waals surface area (Å²) < 4.78 is 11.1. The summed E-state index contributed by atoms with van der Waals surface area (Å²) in [6.45, 7) is 3.26. The molecule has 0 fully saturated rings. The normalized spacial score (nSPS) is 10.6. The van der Waals surface area contributed by atoms with E-state index in [2.05, 4.69) is 45.5 Å². The SMILES string of the molecule is CCOC(=O)COCCNc1ccc2cc(Br)ccc2c1. The van der Waals surface area contributed by atoms with Crippen LogP contribution in [0.1, 0.15) is 6.92 Å². The molecule has 2 aromatic carbocycles. The molecule has 0 aliphatic heterocycles. The van der Waals surface area contributed by atoms with E-state index >= 15 is 0 Å². The van der Waals surface area contributed by atoms with Crippen LogP contribution >= 0.6 is 15.9 Å². The molecule has 0 atom stereocenters. The molecule has 0 aromatic heterocycles. The van der Waals surface area contributed by atoms with Crippen LogP contribution in [0.4, 0.5) is 5.69 Å². The predicted octanol–water partition coefficient (Wildman–Crippen LogP) is 3.59. The van der Waals surface area contributed by atoms with Gasteiger partial charge in [-0.05, 0) is 42.0 Å². The van der Waals surface area contributed by atoms with E-state index in [-0.39, 0.29) is 12.6 Å². The summed E-state index contributed by atoms with van der Waals surface area (Å²) in [7, 11) is 0. The maximum absolute atomic E-state index is 11.1. The van der Waals surface area contributed by atoms with Crippen molar-refractivity contribution in [3.05, 3.63) is 40.9 Å². The maximum atomic E-state index is 11.1. The van der Waals surface area contributed by atoms with E-state index in [0.717, 1.165) is 10.2 Å². The van der Waals surface area contributed by atoms with Crippen molar-refractivity contribution in [3.63, 3.8) is 0 Å². The summed E-state index contributed by atoms with van der Waals surface area (Å²) in [4.78, 5) is 11.1. The van der Waals surface area contributed by atoms with E-state index in [4.69, 9.17) is 9.47 Å². The van der Waals surface area contributed by atoms with E-state index < -0.39 is 0 Å². The number of nitrogens with one attached hydrogen (secondary N) is 1. The van der Waals surface area contributed by atoms with Gasteiger partial charge in [0.1, 0.15) is 6.61 Å². The molecule has 2 aromatic rings. The third kappa shape index (κ3) is 5.02. The van der Waals surface area contributed by atoms with Crippen molar-refractivity contribution < 1.29 is 14.3 Å². The summed E-state index contributed by atoms with van der Waals surface area (Å²) in [5, 5.41) is 5.63. The molecule has 0 saturated carbocycles. The molecule has 5 heteroatoms. The van der Waals surface area contributed by atoms with Gasteiger partial charge < -0.3 is 14.8 Å². The Kier molecular flexibility index (Phi) is 6.02. The molecule has 2 rings (SSSR count). The largest absolute Gasteiger partial charge is 0.464 e. The zero-order chi connectivity index (χ0) is 15.1. The second kappa shape index (κ2) is 8.00. The van der Waals surface area contributed by atoms with Gasteiger partial charge >= 0.3 is 5.97 Å². The van der Waals surface area contributed by atoms with Crippen LogP contribution < -0.4 is 5.32 Å². The van der Waals surface area contributed by atoms with Gasteiger partial charge in [-0.15, -0.1) is 0 Å². The van der Waals surface area contributed by atoms with Gasteiger partial charge in [-0.3, -0.25) is 0 Å². The van der Waals surface area contributed by atoms with E-state index in [1.54, 1.807) is 6.92 Å². The number of rotatable bonds is 7. The minimum Gasteiger partial charge on any atom is -0.464 e. The van der Waals surface area contributed by atoms with Crippen LogP contribution in [0.3, 0.4) is 0 Å². The Morgan fingerprint density at radius 2 is 1.95 bits per heavy atom. The number of anilines is 1. The summed E-state index contributed by atoms with van der Waals surface area (Å²) in [6.07, 6.45) is 0. The van der Waals surface area contributed by atoms with Crippen molar-refractivity contribution in [2.75, 3.05) is 31.7 Å². The van der Waals surface area contributed by atoms with Crippen LogP contribution in [0, 0.1) is 0 Å². The summed E-state index contributed by atoms with van der Waals surface area (Å²) in [5.74, 6) is -0.325. The number of ether oxygens (including phenoxy) is 2. The standard InChI is InChI=1S/C16H18BrNO3/c1-2-21-16(19)11-20-8-7-18-15-6-4-12-9-14(17)5-3-13(12)10-15/h3-6,9-10,18H,2,7-8,11H2,1H3. The Hall–Kier alpha value is -1.59. The molecule has 4 nitrogen and oxygen atoms in total. The van der Waals surface area contributed by atoms with E-state index in [9.17, 15) is 4.79 Å². The van der Waals surface area contributed by atoms with Gasteiger partial charge in [0.25, 0.3) is 0 Å². The molecule has 0 radical (unpaired) electrons. The molecular weight excluding hydrogens is 334 g/mol. The first-order chi connectivity index (χ1) is 10.2. The molecule has 112 valence electrons. The number of carbonyl (C=O) groups excluding carboxylic acids is 1. The molecular formula is C16H18BrNO3. The van der Waals surface area contributed by atoms with Gasteiger partial charge in [-0.1, -0.05) is 28.1 Å². The molecule has 0 saturated heterocycles. The second-order valence-corrected chi connectivity index (χ2v) is 5.41. The number of hydrogen-bond donors (Lipinski definition) is 1. The number of carbonyl (C=O) groups is 1. The lowest BCUT2D eigenvalue weighted by atomic mass is 10.1. The highest BCUT2D eigenvalue weighted by Crippen LogP contribution is 2.22. The Morgan fingerprint density at radius 1 is 1.19 bits per heavy atom. The van der Waals surface area contributed by atoms with Gasteiger partial charge in [0.15, 0.2) is 0 Å². The molecule has 0 amide bonds.